The molecule has 30 heavy (non-hydrogen) atoms. The van der Waals surface area contributed by atoms with E-state index >= 15 is 0 Å². The quantitative estimate of drug-likeness (QED) is 0.163. The fourth-order valence-corrected chi connectivity index (χ4v) is 3.81. The first kappa shape index (κ1) is 28.9. The van der Waals surface area contributed by atoms with Crippen molar-refractivity contribution in [3.05, 3.63) is 0 Å². The molecule has 0 aromatic heterocycles. The van der Waals surface area contributed by atoms with Gasteiger partial charge in [0.1, 0.15) is 6.04 Å². The van der Waals surface area contributed by atoms with Crippen molar-refractivity contribution >= 4 is 11.9 Å². The van der Waals surface area contributed by atoms with E-state index in [2.05, 4.69) is 13.8 Å². The van der Waals surface area contributed by atoms with Crippen LogP contribution in [0, 0.1) is 5.92 Å². The molecule has 0 heterocycles. The Hall–Kier alpha value is -1.10. The molecule has 2 atom stereocenters. The Kier molecular flexibility index (Phi) is 20.4. The Balaban J connectivity index is 4.16. The number of ether oxygens (including phenoxy) is 1. The van der Waals surface area contributed by atoms with E-state index in [0.717, 1.165) is 12.8 Å². The Bertz CT molecular complexity index is 415. The lowest BCUT2D eigenvalue weighted by atomic mass is 9.94. The van der Waals surface area contributed by atoms with E-state index < -0.39 is 17.9 Å². The van der Waals surface area contributed by atoms with Crippen molar-refractivity contribution in [1.29, 1.82) is 0 Å². The van der Waals surface area contributed by atoms with E-state index in [1.165, 1.54) is 89.9 Å². The summed E-state index contributed by atoms with van der Waals surface area (Å²) in [6.45, 7) is 4.94. The van der Waals surface area contributed by atoms with Gasteiger partial charge in [-0.2, -0.15) is 0 Å². The van der Waals surface area contributed by atoms with Crippen LogP contribution in [-0.2, 0) is 14.3 Å². The molecule has 0 aliphatic heterocycles. The Morgan fingerprint density at radius 3 is 1.57 bits per heavy atom. The number of hydrogen-bond acceptors (Lipinski definition) is 4. The van der Waals surface area contributed by atoms with E-state index in [4.69, 9.17) is 16.2 Å². The molecule has 0 spiro atoms. The maximum Gasteiger partial charge on any atom is 0.322 e. The second-order valence-electron chi connectivity index (χ2n) is 8.93. The second kappa shape index (κ2) is 21.1. The maximum absolute atomic E-state index is 12.1. The molecular weight excluding hydrogens is 376 g/mol. The van der Waals surface area contributed by atoms with Gasteiger partial charge in [-0.25, -0.2) is 0 Å². The highest BCUT2D eigenvalue weighted by Crippen LogP contribution is 2.20. The maximum atomic E-state index is 12.1. The molecular formula is C25H50N2O3. The minimum absolute atomic E-state index is 0.121. The number of esters is 1. The monoisotopic (exact) mass is 426 g/mol. The number of carbonyl (C=O) groups is 2. The van der Waals surface area contributed by atoms with Crippen LogP contribution >= 0.6 is 0 Å². The van der Waals surface area contributed by atoms with Crippen molar-refractivity contribution in [2.24, 2.45) is 17.4 Å². The van der Waals surface area contributed by atoms with Gasteiger partial charge in [0.05, 0.1) is 6.61 Å². The Labute approximate surface area is 186 Å². The van der Waals surface area contributed by atoms with Crippen LogP contribution in [0.1, 0.15) is 129 Å². The van der Waals surface area contributed by atoms with E-state index in [1.54, 1.807) is 0 Å². The van der Waals surface area contributed by atoms with Crippen molar-refractivity contribution in [1.82, 2.24) is 0 Å². The normalized spacial score (nSPS) is 13.2. The fourth-order valence-electron chi connectivity index (χ4n) is 3.81. The third kappa shape index (κ3) is 18.9. The van der Waals surface area contributed by atoms with Crippen LogP contribution < -0.4 is 11.5 Å². The van der Waals surface area contributed by atoms with Crippen LogP contribution in [0.15, 0.2) is 0 Å². The predicted molar refractivity (Wildman–Crippen MR) is 126 cm³/mol. The average Bonchev–Trinajstić information content (AvgIpc) is 2.73. The molecule has 0 radical (unpaired) electrons. The van der Waals surface area contributed by atoms with Gasteiger partial charge in [-0.15, -0.1) is 0 Å². The zero-order valence-corrected chi connectivity index (χ0v) is 20.0. The highest BCUT2D eigenvalue weighted by Gasteiger charge is 2.18. The van der Waals surface area contributed by atoms with E-state index in [9.17, 15) is 9.59 Å². The van der Waals surface area contributed by atoms with Gasteiger partial charge in [0.25, 0.3) is 0 Å². The van der Waals surface area contributed by atoms with Gasteiger partial charge < -0.3 is 16.2 Å². The zero-order valence-electron chi connectivity index (χ0n) is 20.0. The summed E-state index contributed by atoms with van der Waals surface area (Å²) in [5, 5.41) is 0. The molecule has 0 saturated carbocycles. The van der Waals surface area contributed by atoms with Crippen molar-refractivity contribution in [2.45, 2.75) is 135 Å². The summed E-state index contributed by atoms with van der Waals surface area (Å²) in [7, 11) is 0. The average molecular weight is 427 g/mol. The third-order valence-electron chi connectivity index (χ3n) is 5.90. The van der Waals surface area contributed by atoms with Crippen LogP contribution in [0.2, 0.25) is 0 Å². The summed E-state index contributed by atoms with van der Waals surface area (Å²) < 4.78 is 5.50. The highest BCUT2D eigenvalue weighted by atomic mass is 16.5. The zero-order chi connectivity index (χ0) is 22.5. The van der Waals surface area contributed by atoms with Gasteiger partial charge in [0.2, 0.25) is 5.91 Å². The highest BCUT2D eigenvalue weighted by molar-refractivity contribution is 5.78. The molecule has 0 saturated heterocycles. The second-order valence-corrected chi connectivity index (χ2v) is 8.93. The third-order valence-corrected chi connectivity index (χ3v) is 5.90. The first-order valence-corrected chi connectivity index (χ1v) is 12.7. The fraction of sp³-hybridized carbons (Fsp3) is 0.920. The molecule has 0 aliphatic carbocycles. The molecule has 0 fully saturated rings. The number of amides is 1. The molecule has 1 unspecified atom stereocenters. The summed E-state index contributed by atoms with van der Waals surface area (Å²) in [6, 6.07) is -0.754. The number of hydrogen-bond donors (Lipinski definition) is 2. The first-order chi connectivity index (χ1) is 14.5. The topological polar surface area (TPSA) is 95.4 Å². The molecule has 178 valence electrons. The minimum atomic E-state index is -0.754. The van der Waals surface area contributed by atoms with Gasteiger partial charge in [-0.3, -0.25) is 9.59 Å². The lowest BCUT2D eigenvalue weighted by Gasteiger charge is -2.19. The molecule has 0 bridgehead atoms. The number of nitrogens with two attached hydrogens (primary N) is 2. The van der Waals surface area contributed by atoms with Gasteiger partial charge in [0.15, 0.2) is 0 Å². The van der Waals surface area contributed by atoms with Crippen molar-refractivity contribution in [2.75, 3.05) is 6.61 Å². The lowest BCUT2D eigenvalue weighted by molar-refractivity contribution is -0.147. The van der Waals surface area contributed by atoms with Gasteiger partial charge >= 0.3 is 5.97 Å². The smallest absolute Gasteiger partial charge is 0.322 e. The van der Waals surface area contributed by atoms with Gasteiger partial charge in [0, 0.05) is 6.42 Å². The van der Waals surface area contributed by atoms with E-state index in [-0.39, 0.29) is 12.8 Å². The minimum Gasteiger partial charge on any atom is -0.464 e. The summed E-state index contributed by atoms with van der Waals surface area (Å²) in [5.41, 5.74) is 11.0. The van der Waals surface area contributed by atoms with Crippen molar-refractivity contribution in [3.8, 4) is 0 Å². The van der Waals surface area contributed by atoms with Crippen LogP contribution in [0.25, 0.3) is 0 Å². The van der Waals surface area contributed by atoms with Crippen LogP contribution in [0.5, 0.6) is 0 Å². The summed E-state index contributed by atoms with van der Waals surface area (Å²) in [4.78, 5) is 23.0. The van der Waals surface area contributed by atoms with E-state index in [0.29, 0.717) is 12.5 Å². The molecule has 0 aromatic carbocycles. The number of carbonyl (C=O) groups excluding carboxylic acids is 2. The molecule has 0 aromatic rings. The molecule has 5 nitrogen and oxygen atoms in total. The molecule has 4 N–H and O–H groups in total. The molecule has 1 amide bonds. The molecule has 5 heteroatoms. The van der Waals surface area contributed by atoms with Crippen molar-refractivity contribution < 1.29 is 14.3 Å². The SMILES string of the molecule is CCCCCCCCCCC(CCCCCCCC)COC(=O)[C@@H](N)CCC(N)=O. The van der Waals surface area contributed by atoms with Crippen molar-refractivity contribution in [3.63, 3.8) is 0 Å². The predicted octanol–water partition coefficient (Wildman–Crippen LogP) is 6.02. The summed E-state index contributed by atoms with van der Waals surface area (Å²) in [5.74, 6) is -0.419. The summed E-state index contributed by atoms with van der Waals surface area (Å²) in [6.07, 6.45) is 20.8. The Morgan fingerprint density at radius 2 is 1.13 bits per heavy atom. The Morgan fingerprint density at radius 1 is 0.700 bits per heavy atom. The van der Waals surface area contributed by atoms with Gasteiger partial charge in [-0.1, -0.05) is 104 Å². The van der Waals surface area contributed by atoms with Crippen LogP contribution in [-0.4, -0.2) is 24.5 Å². The van der Waals surface area contributed by atoms with Crippen LogP contribution in [0.3, 0.4) is 0 Å². The summed E-state index contributed by atoms with van der Waals surface area (Å²) >= 11 is 0. The lowest BCUT2D eigenvalue weighted by Crippen LogP contribution is -2.34. The number of primary amides is 1. The molecule has 0 aliphatic rings. The largest absolute Gasteiger partial charge is 0.464 e. The first-order valence-electron chi connectivity index (χ1n) is 12.7. The number of unbranched alkanes of at least 4 members (excludes halogenated alkanes) is 12. The van der Waals surface area contributed by atoms with Crippen LogP contribution in [0.4, 0.5) is 0 Å². The molecule has 0 rings (SSSR count). The number of rotatable bonds is 22. The van der Waals surface area contributed by atoms with Gasteiger partial charge in [-0.05, 0) is 25.2 Å². The van der Waals surface area contributed by atoms with E-state index in [1.807, 2.05) is 0 Å². The standard InChI is InChI=1S/C25H50N2O3/c1-3-5-7-9-11-12-14-16-18-22(17-15-13-10-8-6-4-2)21-30-25(29)23(26)19-20-24(27)28/h22-23H,3-21,26H2,1-2H3,(H2,27,28)/t22?,23-/m0/s1.